The number of ether oxygens (including phenoxy) is 2. The average Bonchev–Trinajstić information content (AvgIpc) is 2.35. The van der Waals surface area contributed by atoms with Gasteiger partial charge >= 0.3 is 0 Å². The lowest BCUT2D eigenvalue weighted by Crippen LogP contribution is -2.57. The largest absolute Gasteiger partial charge is 0.497 e. The second-order valence-electron chi connectivity index (χ2n) is 4.35. The molecular formula is C12H18N2O4S. The third-order valence-corrected chi connectivity index (χ3v) is 5.23. The summed E-state index contributed by atoms with van der Waals surface area (Å²) in [5.41, 5.74) is 0. The van der Waals surface area contributed by atoms with Crippen molar-refractivity contribution in [1.29, 1.82) is 0 Å². The first-order valence-corrected chi connectivity index (χ1v) is 7.35. The van der Waals surface area contributed by atoms with Gasteiger partial charge in [-0.25, -0.2) is 8.42 Å². The van der Waals surface area contributed by atoms with Gasteiger partial charge in [0.1, 0.15) is 16.4 Å². The molecule has 0 saturated carbocycles. The van der Waals surface area contributed by atoms with E-state index >= 15 is 0 Å². The average molecular weight is 286 g/mol. The fourth-order valence-corrected chi connectivity index (χ4v) is 3.39. The molecule has 0 bridgehead atoms. The molecule has 1 aromatic rings. The number of nitrogens with zero attached hydrogens (tertiary/aromatic N) is 1. The Balaban J connectivity index is 2.43. The van der Waals surface area contributed by atoms with Crippen LogP contribution in [0.4, 0.5) is 0 Å². The van der Waals surface area contributed by atoms with Crippen LogP contribution in [0.25, 0.3) is 0 Å². The molecule has 0 spiro atoms. The van der Waals surface area contributed by atoms with Gasteiger partial charge in [0.05, 0.1) is 14.2 Å². The maximum Gasteiger partial charge on any atom is 0.246 e. The SMILES string of the molecule is COc1ccc(OC)c(S(=O)(=O)N(C)C2CNC2)c1. The maximum atomic E-state index is 12.6. The summed E-state index contributed by atoms with van der Waals surface area (Å²) in [5.74, 6) is 0.805. The van der Waals surface area contributed by atoms with Crippen molar-refractivity contribution in [3.8, 4) is 11.5 Å². The number of methoxy groups -OCH3 is 2. The summed E-state index contributed by atoms with van der Waals surface area (Å²) in [7, 11) is 0.945. The van der Waals surface area contributed by atoms with Crippen molar-refractivity contribution in [2.45, 2.75) is 10.9 Å². The summed E-state index contributed by atoms with van der Waals surface area (Å²) in [6.07, 6.45) is 0. The Morgan fingerprint density at radius 3 is 2.42 bits per heavy atom. The summed E-state index contributed by atoms with van der Waals surface area (Å²) >= 11 is 0. The van der Waals surface area contributed by atoms with Crippen molar-refractivity contribution < 1.29 is 17.9 Å². The van der Waals surface area contributed by atoms with Crippen LogP contribution in [0.1, 0.15) is 0 Å². The zero-order valence-electron chi connectivity index (χ0n) is 11.2. The van der Waals surface area contributed by atoms with Crippen LogP contribution in [0.3, 0.4) is 0 Å². The van der Waals surface area contributed by atoms with E-state index in [0.717, 1.165) is 0 Å². The number of rotatable bonds is 5. The second-order valence-corrected chi connectivity index (χ2v) is 6.32. The van der Waals surface area contributed by atoms with Gasteiger partial charge in [-0.05, 0) is 12.1 Å². The van der Waals surface area contributed by atoms with E-state index in [9.17, 15) is 8.42 Å². The number of hydrogen-bond acceptors (Lipinski definition) is 5. The molecule has 1 aromatic carbocycles. The van der Waals surface area contributed by atoms with Crippen molar-refractivity contribution in [3.05, 3.63) is 18.2 Å². The number of nitrogens with one attached hydrogen (secondary N) is 1. The number of sulfonamides is 1. The number of benzene rings is 1. The van der Waals surface area contributed by atoms with Gasteiger partial charge < -0.3 is 14.8 Å². The first-order chi connectivity index (χ1) is 9.00. The van der Waals surface area contributed by atoms with Crippen molar-refractivity contribution >= 4 is 10.0 Å². The number of likely N-dealkylation sites (N-methyl/N-ethyl adjacent to an activating group) is 1. The molecule has 1 fully saturated rings. The van der Waals surface area contributed by atoms with E-state index in [4.69, 9.17) is 9.47 Å². The van der Waals surface area contributed by atoms with Crippen molar-refractivity contribution in [2.75, 3.05) is 34.4 Å². The van der Waals surface area contributed by atoms with E-state index in [1.807, 2.05) is 0 Å². The summed E-state index contributed by atoms with van der Waals surface area (Å²) in [4.78, 5) is 0.128. The van der Waals surface area contributed by atoms with Crippen LogP contribution >= 0.6 is 0 Å². The van der Waals surface area contributed by atoms with Crippen molar-refractivity contribution in [1.82, 2.24) is 9.62 Å². The van der Waals surface area contributed by atoms with Gasteiger partial charge in [-0.2, -0.15) is 4.31 Å². The van der Waals surface area contributed by atoms with E-state index in [0.29, 0.717) is 24.6 Å². The van der Waals surface area contributed by atoms with Crippen LogP contribution in [0, 0.1) is 0 Å². The molecule has 1 heterocycles. The quantitative estimate of drug-likeness (QED) is 0.843. The Morgan fingerprint density at radius 1 is 1.26 bits per heavy atom. The van der Waals surface area contributed by atoms with E-state index in [1.54, 1.807) is 19.2 Å². The van der Waals surface area contributed by atoms with Crippen LogP contribution in [-0.2, 0) is 10.0 Å². The third kappa shape index (κ3) is 2.54. The Kier molecular flexibility index (Phi) is 3.98. The maximum absolute atomic E-state index is 12.6. The Morgan fingerprint density at radius 2 is 1.95 bits per heavy atom. The zero-order chi connectivity index (χ0) is 14.0. The normalized spacial score (nSPS) is 16.2. The highest BCUT2D eigenvalue weighted by Gasteiger charge is 2.33. The number of hydrogen-bond donors (Lipinski definition) is 1. The fraction of sp³-hybridized carbons (Fsp3) is 0.500. The summed E-state index contributed by atoms with van der Waals surface area (Å²) < 4.78 is 36.7. The van der Waals surface area contributed by atoms with Gasteiger partial charge in [0.25, 0.3) is 0 Å². The predicted molar refractivity (Wildman–Crippen MR) is 71.2 cm³/mol. The molecule has 106 valence electrons. The molecule has 0 aromatic heterocycles. The van der Waals surface area contributed by atoms with E-state index in [-0.39, 0.29) is 10.9 Å². The molecule has 19 heavy (non-hydrogen) atoms. The third-order valence-electron chi connectivity index (χ3n) is 3.30. The minimum atomic E-state index is -3.59. The fourth-order valence-electron chi connectivity index (χ4n) is 1.87. The Bertz CT molecular complexity index is 555. The molecule has 0 radical (unpaired) electrons. The molecule has 1 aliphatic heterocycles. The molecule has 1 saturated heterocycles. The predicted octanol–water partition coefficient (Wildman–Crippen LogP) is 0.296. The molecular weight excluding hydrogens is 268 g/mol. The Hall–Kier alpha value is -1.31. The lowest BCUT2D eigenvalue weighted by atomic mass is 10.2. The Labute approximate surface area is 113 Å². The van der Waals surface area contributed by atoms with Crippen LogP contribution in [-0.4, -0.2) is 53.1 Å². The highest BCUT2D eigenvalue weighted by Crippen LogP contribution is 2.31. The molecule has 0 unspecified atom stereocenters. The molecule has 0 amide bonds. The summed E-state index contributed by atoms with van der Waals surface area (Å²) in [6, 6.07) is 4.74. The van der Waals surface area contributed by atoms with E-state index in [1.165, 1.54) is 24.6 Å². The minimum Gasteiger partial charge on any atom is -0.497 e. The standard InChI is InChI=1S/C12H18N2O4S/c1-14(9-7-13-8-9)19(15,16)12-6-10(17-2)4-5-11(12)18-3/h4-6,9,13H,7-8H2,1-3H3. The first-order valence-electron chi connectivity index (χ1n) is 5.91. The van der Waals surface area contributed by atoms with Gasteiger partial charge in [0.15, 0.2) is 0 Å². The molecule has 1 aliphatic rings. The molecule has 2 rings (SSSR count). The van der Waals surface area contributed by atoms with Crippen LogP contribution in [0.15, 0.2) is 23.1 Å². The van der Waals surface area contributed by atoms with Crippen molar-refractivity contribution in [3.63, 3.8) is 0 Å². The van der Waals surface area contributed by atoms with Gasteiger partial charge in [-0.3, -0.25) is 0 Å². The van der Waals surface area contributed by atoms with Gasteiger partial charge in [0, 0.05) is 32.2 Å². The van der Waals surface area contributed by atoms with Gasteiger partial charge in [-0.1, -0.05) is 0 Å². The van der Waals surface area contributed by atoms with Crippen LogP contribution < -0.4 is 14.8 Å². The zero-order valence-corrected chi connectivity index (χ0v) is 12.0. The lowest BCUT2D eigenvalue weighted by Gasteiger charge is -2.34. The molecule has 1 N–H and O–H groups in total. The highest BCUT2D eigenvalue weighted by molar-refractivity contribution is 7.89. The topological polar surface area (TPSA) is 67.9 Å². The second kappa shape index (κ2) is 5.36. The van der Waals surface area contributed by atoms with E-state index in [2.05, 4.69) is 5.32 Å². The molecule has 0 aliphatic carbocycles. The first kappa shape index (κ1) is 14.1. The van der Waals surface area contributed by atoms with E-state index < -0.39 is 10.0 Å². The monoisotopic (exact) mass is 286 g/mol. The molecule has 0 atom stereocenters. The van der Waals surface area contributed by atoms with Crippen LogP contribution in [0.2, 0.25) is 0 Å². The molecule has 6 nitrogen and oxygen atoms in total. The lowest BCUT2D eigenvalue weighted by molar-refractivity contribution is 0.273. The smallest absolute Gasteiger partial charge is 0.246 e. The van der Waals surface area contributed by atoms with Crippen molar-refractivity contribution in [2.24, 2.45) is 0 Å². The van der Waals surface area contributed by atoms with Crippen LogP contribution in [0.5, 0.6) is 11.5 Å². The van der Waals surface area contributed by atoms with Gasteiger partial charge in [0.2, 0.25) is 10.0 Å². The molecule has 7 heteroatoms. The highest BCUT2D eigenvalue weighted by atomic mass is 32.2. The summed E-state index contributed by atoms with van der Waals surface area (Å²) in [6.45, 7) is 1.34. The minimum absolute atomic E-state index is 0.0130. The summed E-state index contributed by atoms with van der Waals surface area (Å²) in [5, 5.41) is 3.05. The van der Waals surface area contributed by atoms with Gasteiger partial charge in [-0.15, -0.1) is 0 Å².